The van der Waals surface area contributed by atoms with Crippen LogP contribution >= 0.6 is 0 Å². The molecule has 2 heterocycles. The standard InChI is InChI=1S/C18H26N2O3/c1-13-10-15(22-2)16(23-3)11-14(13)17(21)20-8-5-18(6-9-20)4-7-19-12-18/h10-11,19H,4-9,12H2,1-3H3. The smallest absolute Gasteiger partial charge is 0.254 e. The minimum atomic E-state index is 0.101. The molecule has 0 radical (unpaired) electrons. The minimum absolute atomic E-state index is 0.101. The molecule has 0 unspecified atom stereocenters. The maximum Gasteiger partial charge on any atom is 0.254 e. The van der Waals surface area contributed by atoms with E-state index in [1.54, 1.807) is 20.3 Å². The molecule has 1 aromatic carbocycles. The maximum absolute atomic E-state index is 12.9. The molecule has 126 valence electrons. The van der Waals surface area contributed by atoms with Crippen LogP contribution in [-0.4, -0.2) is 51.2 Å². The molecule has 1 aromatic rings. The summed E-state index contributed by atoms with van der Waals surface area (Å²) in [5.74, 6) is 1.37. The molecule has 2 saturated heterocycles. The number of hydrogen-bond acceptors (Lipinski definition) is 4. The van der Waals surface area contributed by atoms with Crippen LogP contribution in [0.3, 0.4) is 0 Å². The monoisotopic (exact) mass is 318 g/mol. The predicted octanol–water partition coefficient (Wildman–Crippen LogP) is 2.23. The molecular formula is C18H26N2O3. The largest absolute Gasteiger partial charge is 0.493 e. The number of nitrogens with zero attached hydrogens (tertiary/aromatic N) is 1. The van der Waals surface area contributed by atoms with Gasteiger partial charge in [0, 0.05) is 25.2 Å². The van der Waals surface area contributed by atoms with Crippen molar-refractivity contribution in [2.24, 2.45) is 5.41 Å². The molecule has 1 spiro atoms. The van der Waals surface area contributed by atoms with Crippen molar-refractivity contribution in [2.45, 2.75) is 26.2 Å². The topological polar surface area (TPSA) is 50.8 Å². The highest BCUT2D eigenvalue weighted by atomic mass is 16.5. The molecule has 2 aliphatic heterocycles. The van der Waals surface area contributed by atoms with Gasteiger partial charge in [0.1, 0.15) is 0 Å². The Morgan fingerprint density at radius 3 is 2.35 bits per heavy atom. The second-order valence-corrected chi connectivity index (χ2v) is 6.74. The number of nitrogens with one attached hydrogen (secondary N) is 1. The van der Waals surface area contributed by atoms with Crippen LogP contribution in [0.25, 0.3) is 0 Å². The third kappa shape index (κ3) is 3.02. The Labute approximate surface area is 137 Å². The summed E-state index contributed by atoms with van der Waals surface area (Å²) in [6.45, 7) is 5.84. The van der Waals surface area contributed by atoms with E-state index in [-0.39, 0.29) is 5.91 Å². The van der Waals surface area contributed by atoms with Gasteiger partial charge in [-0.1, -0.05) is 0 Å². The zero-order chi connectivity index (χ0) is 16.4. The first kappa shape index (κ1) is 16.1. The van der Waals surface area contributed by atoms with Crippen molar-refractivity contribution in [3.8, 4) is 11.5 Å². The highest BCUT2D eigenvalue weighted by Crippen LogP contribution is 2.38. The first-order valence-electron chi connectivity index (χ1n) is 8.31. The Hall–Kier alpha value is -1.75. The molecule has 3 rings (SSSR count). The van der Waals surface area contributed by atoms with E-state index in [2.05, 4.69) is 5.32 Å². The molecule has 0 saturated carbocycles. The molecule has 5 heteroatoms. The third-order valence-corrected chi connectivity index (χ3v) is 5.40. The zero-order valence-corrected chi connectivity index (χ0v) is 14.3. The number of aryl methyl sites for hydroxylation is 1. The fraction of sp³-hybridized carbons (Fsp3) is 0.611. The summed E-state index contributed by atoms with van der Waals surface area (Å²) in [6.07, 6.45) is 3.43. The molecule has 1 amide bonds. The molecule has 1 N–H and O–H groups in total. The van der Waals surface area contributed by atoms with Gasteiger partial charge < -0.3 is 19.7 Å². The van der Waals surface area contributed by atoms with E-state index < -0.39 is 0 Å². The van der Waals surface area contributed by atoms with Crippen molar-refractivity contribution in [3.63, 3.8) is 0 Å². The van der Waals surface area contributed by atoms with Gasteiger partial charge in [-0.3, -0.25) is 4.79 Å². The van der Waals surface area contributed by atoms with Gasteiger partial charge in [-0.2, -0.15) is 0 Å². The lowest BCUT2D eigenvalue weighted by Gasteiger charge is -2.39. The number of rotatable bonds is 3. The lowest BCUT2D eigenvalue weighted by molar-refractivity contribution is 0.0606. The Morgan fingerprint density at radius 1 is 1.13 bits per heavy atom. The van der Waals surface area contributed by atoms with E-state index >= 15 is 0 Å². The number of methoxy groups -OCH3 is 2. The summed E-state index contributed by atoms with van der Waals surface area (Å²) in [5, 5.41) is 3.46. The van der Waals surface area contributed by atoms with Gasteiger partial charge in [-0.15, -0.1) is 0 Å². The predicted molar refractivity (Wildman–Crippen MR) is 89.3 cm³/mol. The lowest BCUT2D eigenvalue weighted by Crippen LogP contribution is -2.44. The maximum atomic E-state index is 12.9. The highest BCUT2D eigenvalue weighted by Gasteiger charge is 2.38. The summed E-state index contributed by atoms with van der Waals surface area (Å²) in [5.41, 5.74) is 2.06. The van der Waals surface area contributed by atoms with Crippen LogP contribution in [0.4, 0.5) is 0 Å². The number of likely N-dealkylation sites (tertiary alicyclic amines) is 1. The van der Waals surface area contributed by atoms with E-state index in [0.717, 1.165) is 44.6 Å². The van der Waals surface area contributed by atoms with E-state index in [4.69, 9.17) is 9.47 Å². The van der Waals surface area contributed by atoms with Crippen molar-refractivity contribution in [3.05, 3.63) is 23.3 Å². The van der Waals surface area contributed by atoms with Crippen LogP contribution in [0.5, 0.6) is 11.5 Å². The van der Waals surface area contributed by atoms with Crippen LogP contribution in [0.15, 0.2) is 12.1 Å². The van der Waals surface area contributed by atoms with Crippen molar-refractivity contribution >= 4 is 5.91 Å². The summed E-state index contributed by atoms with van der Waals surface area (Å²) < 4.78 is 10.6. The molecule has 0 aromatic heterocycles. The molecular weight excluding hydrogens is 292 g/mol. The Bertz CT molecular complexity index is 584. The molecule has 2 fully saturated rings. The van der Waals surface area contributed by atoms with Gasteiger partial charge >= 0.3 is 0 Å². The van der Waals surface area contributed by atoms with Crippen molar-refractivity contribution in [1.29, 1.82) is 0 Å². The second kappa shape index (κ2) is 6.40. The number of carbonyl (C=O) groups is 1. The van der Waals surface area contributed by atoms with Gasteiger partial charge in [0.05, 0.1) is 14.2 Å². The number of hydrogen-bond donors (Lipinski definition) is 1. The first-order valence-corrected chi connectivity index (χ1v) is 8.31. The van der Waals surface area contributed by atoms with Crippen LogP contribution in [0, 0.1) is 12.3 Å². The molecule has 0 atom stereocenters. The fourth-order valence-corrected chi connectivity index (χ4v) is 3.79. The van der Waals surface area contributed by atoms with Crippen LogP contribution in [0.2, 0.25) is 0 Å². The van der Waals surface area contributed by atoms with Gasteiger partial charge in [0.2, 0.25) is 0 Å². The van der Waals surface area contributed by atoms with Crippen molar-refractivity contribution < 1.29 is 14.3 Å². The van der Waals surface area contributed by atoms with Crippen LogP contribution in [0.1, 0.15) is 35.2 Å². The summed E-state index contributed by atoms with van der Waals surface area (Å²) >= 11 is 0. The molecule has 5 nitrogen and oxygen atoms in total. The van der Waals surface area contributed by atoms with Crippen molar-refractivity contribution in [1.82, 2.24) is 10.2 Å². The third-order valence-electron chi connectivity index (χ3n) is 5.40. The second-order valence-electron chi connectivity index (χ2n) is 6.74. The Morgan fingerprint density at radius 2 is 1.78 bits per heavy atom. The summed E-state index contributed by atoms with van der Waals surface area (Å²) in [7, 11) is 3.21. The van der Waals surface area contributed by atoms with Gasteiger partial charge in [-0.05, 0) is 55.8 Å². The molecule has 23 heavy (non-hydrogen) atoms. The molecule has 0 aliphatic carbocycles. The van der Waals surface area contributed by atoms with E-state index in [1.165, 1.54) is 6.42 Å². The molecule has 0 bridgehead atoms. The quantitative estimate of drug-likeness (QED) is 0.928. The number of ether oxygens (including phenoxy) is 2. The van der Waals surface area contributed by atoms with Crippen molar-refractivity contribution in [2.75, 3.05) is 40.4 Å². The minimum Gasteiger partial charge on any atom is -0.493 e. The van der Waals surface area contributed by atoms with Gasteiger partial charge in [-0.25, -0.2) is 0 Å². The Balaban J connectivity index is 1.76. The SMILES string of the molecule is COc1cc(C)c(C(=O)N2CCC3(CCNC3)CC2)cc1OC. The average Bonchev–Trinajstić information content (AvgIpc) is 3.02. The summed E-state index contributed by atoms with van der Waals surface area (Å²) in [4.78, 5) is 14.9. The van der Waals surface area contributed by atoms with E-state index in [9.17, 15) is 4.79 Å². The number of amides is 1. The normalized spacial score (nSPS) is 19.9. The van der Waals surface area contributed by atoms with Crippen LogP contribution in [-0.2, 0) is 0 Å². The Kier molecular flexibility index (Phi) is 4.48. The average molecular weight is 318 g/mol. The number of benzene rings is 1. The van der Waals surface area contributed by atoms with Crippen LogP contribution < -0.4 is 14.8 Å². The zero-order valence-electron chi connectivity index (χ0n) is 14.3. The van der Waals surface area contributed by atoms with Gasteiger partial charge in [0.25, 0.3) is 5.91 Å². The lowest BCUT2D eigenvalue weighted by atomic mass is 9.77. The number of carbonyl (C=O) groups excluding carboxylic acids is 1. The summed E-state index contributed by atoms with van der Waals surface area (Å²) in [6, 6.07) is 3.68. The highest BCUT2D eigenvalue weighted by molar-refractivity contribution is 5.96. The fourth-order valence-electron chi connectivity index (χ4n) is 3.79. The number of piperidine rings is 1. The van der Waals surface area contributed by atoms with E-state index in [1.807, 2.05) is 17.9 Å². The molecule has 2 aliphatic rings. The van der Waals surface area contributed by atoms with Gasteiger partial charge in [0.15, 0.2) is 11.5 Å². The first-order chi connectivity index (χ1) is 11.1. The van der Waals surface area contributed by atoms with E-state index in [0.29, 0.717) is 22.5 Å².